The average Bonchev–Trinajstić information content (AvgIpc) is 2.47. The molecule has 0 amide bonds. The lowest BCUT2D eigenvalue weighted by atomic mass is 9.97. The molecule has 1 atom stereocenters. The van der Waals surface area contributed by atoms with E-state index in [1.807, 2.05) is 25.1 Å². The number of anilines is 1. The van der Waals surface area contributed by atoms with Gasteiger partial charge < -0.3 is 15.8 Å². The lowest BCUT2D eigenvalue weighted by Crippen LogP contribution is -2.23. The van der Waals surface area contributed by atoms with E-state index in [0.29, 0.717) is 10.8 Å². The number of ether oxygens (including phenoxy) is 1. The minimum absolute atomic E-state index is 0.0502. The average molecular weight is 306 g/mol. The van der Waals surface area contributed by atoms with Gasteiger partial charge >= 0.3 is 0 Å². The fraction of sp³-hybridized carbons (Fsp3) is 0.312. The van der Waals surface area contributed by atoms with Crippen LogP contribution in [-0.2, 0) is 0 Å². The molecule has 4 nitrogen and oxygen atoms in total. The first-order valence-corrected chi connectivity index (χ1v) is 7.23. The van der Waals surface area contributed by atoms with Crippen molar-refractivity contribution >= 4 is 17.4 Å². The van der Waals surface area contributed by atoms with E-state index >= 15 is 0 Å². The highest BCUT2D eigenvalue weighted by molar-refractivity contribution is 6.30. The molecule has 112 valence electrons. The molecule has 1 heterocycles. The van der Waals surface area contributed by atoms with Crippen LogP contribution in [0.3, 0.4) is 0 Å². The van der Waals surface area contributed by atoms with Crippen molar-refractivity contribution < 1.29 is 4.74 Å². The van der Waals surface area contributed by atoms with E-state index in [4.69, 9.17) is 22.1 Å². The SMILES string of the molecule is CCNC(c1ccc(OC)c(C)c1)c1cc(Cl)cnc1N. The van der Waals surface area contributed by atoms with Gasteiger partial charge in [0, 0.05) is 11.8 Å². The second-order valence-corrected chi connectivity index (χ2v) is 5.28. The molecular weight excluding hydrogens is 286 g/mol. The second kappa shape index (κ2) is 6.78. The molecule has 0 aliphatic carbocycles. The fourth-order valence-corrected chi connectivity index (χ4v) is 2.56. The number of aromatic nitrogens is 1. The number of nitrogen functional groups attached to an aromatic ring is 1. The van der Waals surface area contributed by atoms with Gasteiger partial charge in [-0.25, -0.2) is 4.98 Å². The zero-order valence-corrected chi connectivity index (χ0v) is 13.2. The third kappa shape index (κ3) is 3.46. The zero-order chi connectivity index (χ0) is 15.4. The molecule has 1 aromatic carbocycles. The summed E-state index contributed by atoms with van der Waals surface area (Å²) in [5, 5.41) is 4.00. The lowest BCUT2D eigenvalue weighted by molar-refractivity contribution is 0.411. The maximum absolute atomic E-state index is 6.06. The number of nitrogens with zero attached hydrogens (tertiary/aromatic N) is 1. The minimum atomic E-state index is -0.0502. The van der Waals surface area contributed by atoms with Gasteiger partial charge in [-0.15, -0.1) is 0 Å². The highest BCUT2D eigenvalue weighted by atomic mass is 35.5. The Balaban J connectivity index is 2.48. The molecule has 0 bridgehead atoms. The van der Waals surface area contributed by atoms with Crippen molar-refractivity contribution in [2.75, 3.05) is 19.4 Å². The topological polar surface area (TPSA) is 60.2 Å². The molecule has 2 rings (SSSR count). The summed E-state index contributed by atoms with van der Waals surface area (Å²) in [7, 11) is 1.67. The fourth-order valence-electron chi connectivity index (χ4n) is 2.39. The largest absolute Gasteiger partial charge is 0.496 e. The molecule has 3 N–H and O–H groups in total. The maximum atomic E-state index is 6.06. The van der Waals surface area contributed by atoms with Crippen molar-refractivity contribution in [3.8, 4) is 5.75 Å². The number of hydrogen-bond donors (Lipinski definition) is 2. The summed E-state index contributed by atoms with van der Waals surface area (Å²) in [4.78, 5) is 4.14. The highest BCUT2D eigenvalue weighted by Crippen LogP contribution is 2.30. The Kier molecular flexibility index (Phi) is 5.04. The zero-order valence-electron chi connectivity index (χ0n) is 12.5. The summed E-state index contributed by atoms with van der Waals surface area (Å²) >= 11 is 6.06. The third-order valence-corrected chi connectivity index (χ3v) is 3.59. The Hall–Kier alpha value is -1.78. The van der Waals surface area contributed by atoms with Gasteiger partial charge in [-0.2, -0.15) is 0 Å². The van der Waals surface area contributed by atoms with Crippen LogP contribution in [0, 0.1) is 6.92 Å². The number of aryl methyl sites for hydroxylation is 1. The Morgan fingerprint density at radius 1 is 1.38 bits per heavy atom. The van der Waals surface area contributed by atoms with Gasteiger partial charge in [0.15, 0.2) is 0 Å². The summed E-state index contributed by atoms with van der Waals surface area (Å²) in [6.45, 7) is 4.88. The molecule has 1 unspecified atom stereocenters. The standard InChI is InChI=1S/C16H20ClN3O/c1-4-19-15(13-8-12(17)9-20-16(13)18)11-5-6-14(21-3)10(2)7-11/h5-9,15,19H,4H2,1-3H3,(H2,18,20). The summed E-state index contributed by atoms with van der Waals surface area (Å²) in [6, 6.07) is 7.89. The number of nitrogens with one attached hydrogen (secondary N) is 1. The number of methoxy groups -OCH3 is 1. The Bertz CT molecular complexity index is 631. The molecular formula is C16H20ClN3O. The van der Waals surface area contributed by atoms with E-state index in [1.165, 1.54) is 0 Å². The van der Waals surface area contributed by atoms with Gasteiger partial charge in [0.2, 0.25) is 0 Å². The minimum Gasteiger partial charge on any atom is -0.496 e. The van der Waals surface area contributed by atoms with Gasteiger partial charge in [0.25, 0.3) is 0 Å². The summed E-state index contributed by atoms with van der Waals surface area (Å²) in [5.41, 5.74) is 9.08. The quantitative estimate of drug-likeness (QED) is 0.889. The molecule has 0 aliphatic rings. The smallest absolute Gasteiger partial charge is 0.128 e. The second-order valence-electron chi connectivity index (χ2n) is 4.85. The van der Waals surface area contributed by atoms with Crippen LogP contribution >= 0.6 is 11.6 Å². The first-order valence-electron chi connectivity index (χ1n) is 6.85. The van der Waals surface area contributed by atoms with Crippen LogP contribution < -0.4 is 15.8 Å². The number of pyridine rings is 1. The van der Waals surface area contributed by atoms with E-state index in [0.717, 1.165) is 29.0 Å². The van der Waals surface area contributed by atoms with E-state index in [1.54, 1.807) is 13.3 Å². The monoisotopic (exact) mass is 305 g/mol. The first kappa shape index (κ1) is 15.6. The van der Waals surface area contributed by atoms with Crippen molar-refractivity contribution in [3.63, 3.8) is 0 Å². The van der Waals surface area contributed by atoms with E-state index in [-0.39, 0.29) is 6.04 Å². The first-order chi connectivity index (χ1) is 10.1. The summed E-state index contributed by atoms with van der Waals surface area (Å²) in [5.74, 6) is 1.35. The molecule has 0 aliphatic heterocycles. The molecule has 0 saturated heterocycles. The molecule has 2 aromatic rings. The van der Waals surface area contributed by atoms with Crippen LogP contribution in [0.2, 0.25) is 5.02 Å². The number of halogens is 1. The van der Waals surface area contributed by atoms with Crippen molar-refractivity contribution in [2.24, 2.45) is 0 Å². The molecule has 1 aromatic heterocycles. The van der Waals surface area contributed by atoms with Crippen molar-refractivity contribution in [3.05, 3.63) is 52.2 Å². The maximum Gasteiger partial charge on any atom is 0.128 e. The molecule has 0 saturated carbocycles. The van der Waals surface area contributed by atoms with Crippen LogP contribution in [0.5, 0.6) is 5.75 Å². The highest BCUT2D eigenvalue weighted by Gasteiger charge is 2.18. The predicted octanol–water partition coefficient (Wildman–Crippen LogP) is 3.33. The molecule has 21 heavy (non-hydrogen) atoms. The molecule has 0 radical (unpaired) electrons. The van der Waals surface area contributed by atoms with E-state index in [2.05, 4.69) is 23.3 Å². The molecule has 0 fully saturated rings. The third-order valence-electron chi connectivity index (χ3n) is 3.39. The van der Waals surface area contributed by atoms with Gasteiger partial charge in [-0.1, -0.05) is 30.7 Å². The van der Waals surface area contributed by atoms with Crippen LogP contribution in [0.15, 0.2) is 30.5 Å². The van der Waals surface area contributed by atoms with Crippen molar-refractivity contribution in [1.29, 1.82) is 0 Å². The number of benzene rings is 1. The van der Waals surface area contributed by atoms with Crippen molar-refractivity contribution in [1.82, 2.24) is 10.3 Å². The van der Waals surface area contributed by atoms with Gasteiger partial charge in [-0.05, 0) is 36.7 Å². The summed E-state index contributed by atoms with van der Waals surface area (Å²) < 4.78 is 5.31. The normalized spacial score (nSPS) is 12.2. The molecule has 0 spiro atoms. The van der Waals surface area contributed by atoms with Gasteiger partial charge in [0.1, 0.15) is 11.6 Å². The van der Waals surface area contributed by atoms with Crippen LogP contribution in [0.1, 0.15) is 29.7 Å². The van der Waals surface area contributed by atoms with E-state index < -0.39 is 0 Å². The van der Waals surface area contributed by atoms with Gasteiger partial charge in [0.05, 0.1) is 18.2 Å². The summed E-state index contributed by atoms with van der Waals surface area (Å²) in [6.07, 6.45) is 1.56. The Morgan fingerprint density at radius 3 is 2.76 bits per heavy atom. The number of rotatable bonds is 5. The van der Waals surface area contributed by atoms with E-state index in [9.17, 15) is 0 Å². The molecule has 5 heteroatoms. The number of nitrogens with two attached hydrogens (primary N) is 1. The van der Waals surface area contributed by atoms with Gasteiger partial charge in [-0.3, -0.25) is 0 Å². The van der Waals surface area contributed by atoms with Crippen LogP contribution in [0.25, 0.3) is 0 Å². The van der Waals surface area contributed by atoms with Crippen LogP contribution in [-0.4, -0.2) is 18.6 Å². The Morgan fingerprint density at radius 2 is 2.14 bits per heavy atom. The van der Waals surface area contributed by atoms with Crippen molar-refractivity contribution in [2.45, 2.75) is 19.9 Å². The van der Waals surface area contributed by atoms with Crippen LogP contribution in [0.4, 0.5) is 5.82 Å². The predicted molar refractivity (Wildman–Crippen MR) is 86.9 cm³/mol. The Labute approximate surface area is 130 Å². The number of hydrogen-bond acceptors (Lipinski definition) is 4. The lowest BCUT2D eigenvalue weighted by Gasteiger charge is -2.21.